The minimum atomic E-state index is -6.65. The summed E-state index contributed by atoms with van der Waals surface area (Å²) < 4.78 is 601. The van der Waals surface area contributed by atoms with Gasteiger partial charge in [0.2, 0.25) is 170 Å². The van der Waals surface area contributed by atoms with Crippen LogP contribution in [0.25, 0.3) is 0 Å². The number of carbonyl (C=O) groups is 2. The first-order chi connectivity index (χ1) is 54.9. The van der Waals surface area contributed by atoms with Gasteiger partial charge in [-0.2, -0.15) is 0 Å². The average Bonchev–Trinajstić information content (AvgIpc) is 0.755. The molecule has 2 amide bonds. The van der Waals surface area contributed by atoms with Crippen molar-refractivity contribution in [1.29, 1.82) is 0 Å². The molecule has 4 fully saturated rings. The summed E-state index contributed by atoms with van der Waals surface area (Å²) in [5, 5.41) is 4.34. The first-order valence-electron chi connectivity index (χ1n) is 29.8. The summed E-state index contributed by atoms with van der Waals surface area (Å²) in [6.07, 6.45) is -69.0. The van der Waals surface area contributed by atoms with Crippen LogP contribution in [-0.2, 0) is 242 Å². The summed E-state index contributed by atoms with van der Waals surface area (Å²) in [5.41, 5.74) is -0.734. The first kappa shape index (κ1) is 162. The van der Waals surface area contributed by atoms with Gasteiger partial charge in [0.15, 0.2) is 37.0 Å². The maximum atomic E-state index is 13.1. The Kier molecular flexibility index (Phi) is 80.5. The van der Waals surface area contributed by atoms with Gasteiger partial charge in [0.1, 0.15) is 84.7 Å². The molecule has 20 atom stereocenters. The number of hydrogen-bond donors (Lipinski definition) is 2. The van der Waals surface area contributed by atoms with Crippen molar-refractivity contribution in [1.82, 2.24) is 0 Å². The van der Waals surface area contributed by atoms with Crippen molar-refractivity contribution in [3.05, 3.63) is 48.5 Å². The van der Waals surface area contributed by atoms with Crippen molar-refractivity contribution in [3.63, 3.8) is 0 Å². The molecule has 4 heterocycles. The normalized spacial score (nSPS) is 25.7. The van der Waals surface area contributed by atoms with Crippen LogP contribution in [0.5, 0.6) is 11.5 Å². The van der Waals surface area contributed by atoms with Crippen molar-refractivity contribution >= 4 is 169 Å². The minimum absolute atomic E-state index is 0. The third-order valence-electron chi connectivity index (χ3n) is 14.1. The molecular formula is C40H42N2Na14O66S14. The van der Waals surface area contributed by atoms with E-state index in [0.717, 1.165) is 24.3 Å². The Morgan fingerprint density at radius 3 is 0.581 bits per heavy atom. The van der Waals surface area contributed by atoms with Crippen LogP contribution in [0.4, 0.5) is 11.4 Å². The molecule has 6 rings (SSSR count). The zero-order valence-electron chi connectivity index (χ0n) is 71.1. The molecule has 0 saturated carbocycles. The molecule has 2 aromatic carbocycles. The summed E-state index contributed by atoms with van der Waals surface area (Å²) >= 11 is 0. The van der Waals surface area contributed by atoms with E-state index in [1.807, 2.05) is 0 Å². The molecule has 96 heteroatoms. The van der Waals surface area contributed by atoms with Gasteiger partial charge in [-0.3, -0.25) is 68.2 Å². The van der Waals surface area contributed by atoms with Gasteiger partial charge < -0.3 is 112 Å². The van der Waals surface area contributed by atoms with Crippen LogP contribution in [-0.4, -0.2) is 343 Å². The second-order valence-electron chi connectivity index (χ2n) is 22.7. The summed E-state index contributed by atoms with van der Waals surface area (Å²) in [6, 6.07) is 5.94. The molecule has 2 N–H and O–H groups in total. The summed E-state index contributed by atoms with van der Waals surface area (Å²) in [6.45, 7) is -8.47. The molecule has 68 nitrogen and oxygen atoms in total. The molecule has 2 aromatic rings. The van der Waals surface area contributed by atoms with Gasteiger partial charge in [-0.25, -0.2) is 118 Å². The Morgan fingerprint density at radius 1 is 0.228 bits per heavy atom. The molecule has 706 valence electrons. The van der Waals surface area contributed by atoms with Gasteiger partial charge in [0.25, 0.3) is 0 Å². The zero-order chi connectivity index (χ0) is 92.9. The van der Waals surface area contributed by atoms with Gasteiger partial charge in [0, 0.05) is 24.2 Å². The van der Waals surface area contributed by atoms with Gasteiger partial charge in [0.05, 0.1) is 26.4 Å². The van der Waals surface area contributed by atoms with Gasteiger partial charge >= 0.3 is 414 Å². The SMILES string of the molecule is O=C(CCC(=O)Nc1ccc(O[C@@H]2O[C@H](COS(=O)(=O)[O-])[C@@H](O[C@@H]3O[C@H](COS(=O)(=O)[O-])[C@@H](OS(=O)(=O)[O-])[C@H](OS(=O)(=O)[O-])[C@H]3OS(=O)(=O)[O-])[C@H](OS(=O)(=O)[O-])[C@H]2OS(=O)(=O)[O-])cc1)Nc1ccc(O[C@@H]2O[C@H](COS(=O)(=O)[O-])[C@@H](O[C@@H]3O[C@H](COS(=O)(=O)[O-])[C@@H](OS(=O)(=O)[O-])[C@H](OS(=O)(=O)[O-])[C@H]3OS(=O)(=O)[O-])[C@H](OS(=O)(=O)[O-])[C@H]2OS(=O)(=O)[O-])cc1.[Na+].[Na+].[Na+].[Na+].[Na+].[Na+].[Na+].[Na+].[Na+].[Na+].[Na+].[Na+].[Na+].[Na+]. The van der Waals surface area contributed by atoms with Crippen LogP contribution in [0.1, 0.15) is 12.8 Å². The predicted octanol–water partition coefficient (Wildman–Crippen LogP) is -56.1. The number of carbonyl (C=O) groups excluding carboxylic acids is 2. The van der Waals surface area contributed by atoms with Crippen molar-refractivity contribution in [2.24, 2.45) is 0 Å². The summed E-state index contributed by atoms with van der Waals surface area (Å²) in [4.78, 5) is 26.2. The van der Waals surface area contributed by atoms with E-state index < -0.39 is 331 Å². The van der Waals surface area contributed by atoms with E-state index in [0.29, 0.717) is 24.3 Å². The zero-order valence-corrected chi connectivity index (χ0v) is 110. The molecule has 4 aliphatic heterocycles. The molecule has 136 heavy (non-hydrogen) atoms. The maximum absolute atomic E-state index is 13.1. The van der Waals surface area contributed by atoms with E-state index >= 15 is 0 Å². The van der Waals surface area contributed by atoms with E-state index in [2.05, 4.69) is 69.2 Å². The number of ether oxygens (including phenoxy) is 8. The van der Waals surface area contributed by atoms with Crippen LogP contribution in [0.2, 0.25) is 0 Å². The molecule has 4 aliphatic rings. The fraction of sp³-hybridized carbons (Fsp3) is 0.650. The minimum Gasteiger partial charge on any atom is -0.726 e. The fourth-order valence-electron chi connectivity index (χ4n) is 10.3. The monoisotopic (exact) mass is 2380 g/mol. The number of anilines is 2. The Labute approximate surface area is 1080 Å². The molecule has 0 bridgehead atoms. The van der Waals surface area contributed by atoms with E-state index in [9.17, 15) is 191 Å². The predicted molar refractivity (Wildman–Crippen MR) is 333 cm³/mol. The van der Waals surface area contributed by atoms with E-state index in [1.165, 1.54) is 0 Å². The number of rotatable bonds is 45. The third kappa shape index (κ3) is 64.1. The van der Waals surface area contributed by atoms with Crippen LogP contribution in [0, 0.1) is 0 Å². The molecule has 0 unspecified atom stereocenters. The largest absolute Gasteiger partial charge is 1.00 e. The first-order valence-corrected chi connectivity index (χ1v) is 48.4. The smallest absolute Gasteiger partial charge is 0.726 e. The summed E-state index contributed by atoms with van der Waals surface area (Å²) in [7, 11) is -90.5. The second kappa shape index (κ2) is 67.4. The van der Waals surface area contributed by atoms with E-state index in [-0.39, 0.29) is 425 Å². The Bertz CT molecular complexity index is 5470. The summed E-state index contributed by atoms with van der Waals surface area (Å²) in [5.74, 6) is -3.90. The van der Waals surface area contributed by atoms with Crippen LogP contribution in [0.15, 0.2) is 48.5 Å². The van der Waals surface area contributed by atoms with E-state index in [1.54, 1.807) is 0 Å². The quantitative estimate of drug-likeness (QED) is 0.0353. The Balaban J connectivity index is -0.00000165. The fourth-order valence-corrected chi connectivity index (χ4v) is 16.4. The number of nitrogens with one attached hydrogen (secondary N) is 2. The number of benzene rings is 2. The van der Waals surface area contributed by atoms with Crippen molar-refractivity contribution < 1.29 is 701 Å². The Morgan fingerprint density at radius 2 is 0.390 bits per heavy atom. The molecule has 0 aliphatic carbocycles. The standard InChI is InChI=1S/C40H56N2O66S14.14Na/c43-23(41-15-1-5-17(6-2-15)91-37-33(105-119(75,76)77)29(101-115(63,64)65)25(19(93-37)11-87-109(45,46)47)97-39-35(107-121(81,82)83)31(103-117(69,70)71)27(99-113(57,58)59)21(95-39)13-89-111(51,52)53)9-10-24(44)42-16-3-7-18(8-4-16)92-38-34(106-120(78,79)80)30(102-116(66,67)68)26(20(94-38)12-88-110(48,49)50)98-40-36(108-122(84,85)86)32(104-118(72,73)74)28(100-114(60,61)62)22(96-40)14-90-112(54,55)56;;;;;;;;;;;;;;/h1-8,19-22,25-40H,9-14H2,(H,41,43)(H,42,44)(H,45,46,47)(H,48,49,50)(H,51,52,53)(H,54,55,56)(H,57,58,59)(H,60,61,62)(H,63,64,65)(H,66,67,68)(H,69,70,71)(H,72,73,74)(H,75,76,77)(H,78,79,80)(H,81,82,83)(H,84,85,86);;;;;;;;;;;;;;/q;14*+1/p-14/t19-,20-,21-,22-,25-,26-,27-,28-,29+,30+,31+,32+,33-,34-,35-,36-,37-,38-,39+,40+;;;;;;;;;;;;;;/m1............../s1. The molecular weight excluding hydrogens is 2340 g/mol. The van der Waals surface area contributed by atoms with Crippen molar-refractivity contribution in [3.8, 4) is 11.5 Å². The molecule has 4 saturated heterocycles. The molecule has 0 radical (unpaired) electrons. The van der Waals surface area contributed by atoms with Crippen LogP contribution in [0.3, 0.4) is 0 Å². The Hall–Kier alpha value is 8.92. The van der Waals surface area contributed by atoms with Gasteiger partial charge in [-0.15, -0.1) is 0 Å². The van der Waals surface area contributed by atoms with Gasteiger partial charge in [-0.1, -0.05) is 0 Å². The average molecular weight is 2380 g/mol. The van der Waals surface area contributed by atoms with Crippen LogP contribution >= 0.6 is 0 Å². The second-order valence-corrected chi connectivity index (χ2v) is 37.0. The third-order valence-corrected chi connectivity index (χ3v) is 20.4. The number of amides is 2. The van der Waals surface area contributed by atoms with Crippen molar-refractivity contribution in [2.45, 2.75) is 136 Å². The molecule has 0 aromatic heterocycles. The molecule has 0 spiro atoms. The maximum Gasteiger partial charge on any atom is 1.00 e. The van der Waals surface area contributed by atoms with E-state index in [4.69, 9.17) is 37.9 Å². The van der Waals surface area contributed by atoms with Crippen LogP contribution < -0.4 is 434 Å². The van der Waals surface area contributed by atoms with Crippen molar-refractivity contribution in [2.75, 3.05) is 37.1 Å². The van der Waals surface area contributed by atoms with Gasteiger partial charge in [-0.05, 0) is 48.5 Å². The number of hydrogen-bond acceptors (Lipinski definition) is 66. The topological polar surface area (TPSA) is 1060 Å².